The van der Waals surface area contributed by atoms with Crippen molar-refractivity contribution in [3.05, 3.63) is 24.3 Å². The number of aromatic nitrogens is 4. The first kappa shape index (κ1) is 10.6. The van der Waals surface area contributed by atoms with E-state index in [0.29, 0.717) is 17.7 Å². The second kappa shape index (κ2) is 3.92. The summed E-state index contributed by atoms with van der Waals surface area (Å²) in [5, 5.41) is 0. The van der Waals surface area contributed by atoms with Crippen LogP contribution in [0.3, 0.4) is 0 Å². The molecule has 2 aromatic rings. The van der Waals surface area contributed by atoms with Crippen molar-refractivity contribution in [1.82, 2.24) is 19.5 Å². The summed E-state index contributed by atoms with van der Waals surface area (Å²) in [6.07, 6.45) is 3.54. The van der Waals surface area contributed by atoms with Crippen LogP contribution >= 0.6 is 0 Å². The molecule has 0 radical (unpaired) electrons. The molecule has 0 aliphatic carbocycles. The summed E-state index contributed by atoms with van der Waals surface area (Å²) >= 11 is 0. The largest absolute Gasteiger partial charge is 0.384 e. The van der Waals surface area contributed by atoms with Crippen LogP contribution in [0, 0.1) is 6.92 Å². The van der Waals surface area contributed by atoms with E-state index in [1.807, 2.05) is 11.5 Å². The molecule has 0 spiro atoms. The quantitative estimate of drug-likeness (QED) is 0.832. The van der Waals surface area contributed by atoms with E-state index in [9.17, 15) is 0 Å². The average Bonchev–Trinajstić information content (AvgIpc) is 2.63. The molecule has 16 heavy (non-hydrogen) atoms. The van der Waals surface area contributed by atoms with Gasteiger partial charge in [0.05, 0.1) is 12.5 Å². The van der Waals surface area contributed by atoms with Crippen LogP contribution in [0.25, 0.3) is 11.5 Å². The minimum atomic E-state index is 0.322. The van der Waals surface area contributed by atoms with Gasteiger partial charge in [-0.1, -0.05) is 0 Å². The lowest BCUT2D eigenvalue weighted by atomic mass is 10.3. The maximum Gasteiger partial charge on any atom is 0.180 e. The van der Waals surface area contributed by atoms with Crippen molar-refractivity contribution in [1.29, 1.82) is 0 Å². The predicted octanol–water partition coefficient (Wildman–Crippen LogP) is 1.81. The second-order valence-corrected chi connectivity index (χ2v) is 4.04. The van der Waals surface area contributed by atoms with Gasteiger partial charge in [-0.25, -0.2) is 15.0 Å². The van der Waals surface area contributed by atoms with Gasteiger partial charge in [-0.3, -0.25) is 0 Å². The zero-order valence-electron chi connectivity index (χ0n) is 9.68. The van der Waals surface area contributed by atoms with Gasteiger partial charge in [0.25, 0.3) is 0 Å². The molecule has 5 nitrogen and oxygen atoms in total. The number of anilines is 1. The molecule has 0 fully saturated rings. The van der Waals surface area contributed by atoms with Gasteiger partial charge in [0, 0.05) is 17.8 Å². The minimum Gasteiger partial charge on any atom is -0.384 e. The molecule has 2 heterocycles. The number of hydrogen-bond donors (Lipinski definition) is 1. The van der Waals surface area contributed by atoms with Crippen molar-refractivity contribution in [2.45, 2.75) is 26.8 Å². The van der Waals surface area contributed by atoms with Gasteiger partial charge in [-0.05, 0) is 20.8 Å². The molecular weight excluding hydrogens is 202 g/mol. The maximum absolute atomic E-state index is 5.71. The molecule has 0 atom stereocenters. The van der Waals surface area contributed by atoms with E-state index < -0.39 is 0 Å². The van der Waals surface area contributed by atoms with E-state index in [1.54, 1.807) is 18.6 Å². The molecule has 5 heteroatoms. The SMILES string of the molecule is Cc1cc(N)nc(-c2cncn2C(C)C)n1. The zero-order valence-corrected chi connectivity index (χ0v) is 9.68. The lowest BCUT2D eigenvalue weighted by molar-refractivity contribution is 0.603. The number of nitrogens with zero attached hydrogens (tertiary/aromatic N) is 4. The monoisotopic (exact) mass is 217 g/mol. The Morgan fingerprint density at radius 3 is 2.69 bits per heavy atom. The Balaban J connectivity index is 2.54. The van der Waals surface area contributed by atoms with Gasteiger partial charge in [-0.2, -0.15) is 0 Å². The first-order chi connectivity index (χ1) is 7.58. The van der Waals surface area contributed by atoms with Crippen LogP contribution in [-0.4, -0.2) is 19.5 Å². The molecule has 0 aromatic carbocycles. The van der Waals surface area contributed by atoms with Crippen molar-refractivity contribution in [3.63, 3.8) is 0 Å². The van der Waals surface area contributed by atoms with E-state index >= 15 is 0 Å². The van der Waals surface area contributed by atoms with Gasteiger partial charge >= 0.3 is 0 Å². The van der Waals surface area contributed by atoms with Crippen molar-refractivity contribution in [3.8, 4) is 11.5 Å². The van der Waals surface area contributed by atoms with E-state index in [1.165, 1.54) is 0 Å². The molecule has 2 N–H and O–H groups in total. The Morgan fingerprint density at radius 2 is 2.06 bits per heavy atom. The Kier molecular flexibility index (Phi) is 2.60. The lowest BCUT2D eigenvalue weighted by Crippen LogP contribution is -2.05. The molecule has 0 aliphatic rings. The number of hydrogen-bond acceptors (Lipinski definition) is 4. The third-order valence-corrected chi connectivity index (χ3v) is 2.33. The molecule has 2 aromatic heterocycles. The van der Waals surface area contributed by atoms with Crippen LogP contribution in [0.5, 0.6) is 0 Å². The standard InChI is InChI=1S/C11H15N5/c1-7(2)16-6-13-5-9(16)11-14-8(3)4-10(12)15-11/h4-7H,1-3H3,(H2,12,14,15). The molecule has 0 unspecified atom stereocenters. The molecule has 84 valence electrons. The average molecular weight is 217 g/mol. The Morgan fingerprint density at radius 1 is 1.31 bits per heavy atom. The van der Waals surface area contributed by atoms with Crippen LogP contribution in [0.15, 0.2) is 18.6 Å². The molecular formula is C11H15N5. The smallest absolute Gasteiger partial charge is 0.180 e. The molecule has 0 bridgehead atoms. The summed E-state index contributed by atoms with van der Waals surface area (Å²) in [4.78, 5) is 12.7. The third-order valence-electron chi connectivity index (χ3n) is 2.33. The topological polar surface area (TPSA) is 69.6 Å². The van der Waals surface area contributed by atoms with E-state index in [-0.39, 0.29) is 0 Å². The Bertz CT molecular complexity index is 481. The Hall–Kier alpha value is -1.91. The molecule has 0 saturated carbocycles. The van der Waals surface area contributed by atoms with Gasteiger partial charge in [-0.15, -0.1) is 0 Å². The Labute approximate surface area is 94.4 Å². The van der Waals surface area contributed by atoms with Crippen LogP contribution < -0.4 is 5.73 Å². The zero-order chi connectivity index (χ0) is 11.7. The number of aryl methyl sites for hydroxylation is 1. The first-order valence-electron chi connectivity index (χ1n) is 5.21. The number of rotatable bonds is 2. The molecule has 2 rings (SSSR count). The highest BCUT2D eigenvalue weighted by Crippen LogP contribution is 2.19. The highest BCUT2D eigenvalue weighted by molar-refractivity contribution is 5.51. The van der Waals surface area contributed by atoms with E-state index in [0.717, 1.165) is 11.4 Å². The van der Waals surface area contributed by atoms with Crippen LogP contribution in [0.1, 0.15) is 25.6 Å². The molecule has 0 saturated heterocycles. The van der Waals surface area contributed by atoms with Crippen molar-refractivity contribution in [2.24, 2.45) is 0 Å². The lowest BCUT2D eigenvalue weighted by Gasteiger charge is -2.11. The number of nitrogens with two attached hydrogens (primary N) is 1. The summed E-state index contributed by atoms with van der Waals surface area (Å²) in [7, 11) is 0. The van der Waals surface area contributed by atoms with E-state index in [4.69, 9.17) is 5.73 Å². The van der Waals surface area contributed by atoms with Crippen LogP contribution in [-0.2, 0) is 0 Å². The van der Waals surface area contributed by atoms with Crippen molar-refractivity contribution < 1.29 is 0 Å². The fourth-order valence-corrected chi connectivity index (χ4v) is 1.60. The summed E-state index contributed by atoms with van der Waals surface area (Å²) < 4.78 is 2.02. The highest BCUT2D eigenvalue weighted by atomic mass is 15.1. The van der Waals surface area contributed by atoms with E-state index in [2.05, 4.69) is 28.8 Å². The molecule has 0 amide bonds. The van der Waals surface area contributed by atoms with Gasteiger partial charge < -0.3 is 10.3 Å². The fourth-order valence-electron chi connectivity index (χ4n) is 1.60. The van der Waals surface area contributed by atoms with Gasteiger partial charge in [0.15, 0.2) is 5.82 Å². The van der Waals surface area contributed by atoms with Crippen LogP contribution in [0.4, 0.5) is 5.82 Å². The molecule has 0 aliphatic heterocycles. The van der Waals surface area contributed by atoms with Crippen molar-refractivity contribution in [2.75, 3.05) is 5.73 Å². The predicted molar refractivity (Wildman–Crippen MR) is 62.8 cm³/mol. The van der Waals surface area contributed by atoms with Gasteiger partial charge in [0.2, 0.25) is 0 Å². The fraction of sp³-hybridized carbons (Fsp3) is 0.364. The summed E-state index contributed by atoms with van der Waals surface area (Å²) in [5.74, 6) is 1.11. The summed E-state index contributed by atoms with van der Waals surface area (Å²) in [6, 6.07) is 2.07. The number of nitrogen functional groups attached to an aromatic ring is 1. The second-order valence-electron chi connectivity index (χ2n) is 4.04. The number of imidazole rings is 1. The normalized spacial score (nSPS) is 11.0. The third kappa shape index (κ3) is 1.88. The minimum absolute atomic E-state index is 0.322. The summed E-state index contributed by atoms with van der Waals surface area (Å²) in [5.41, 5.74) is 7.47. The van der Waals surface area contributed by atoms with Gasteiger partial charge in [0.1, 0.15) is 11.5 Å². The highest BCUT2D eigenvalue weighted by Gasteiger charge is 2.11. The summed E-state index contributed by atoms with van der Waals surface area (Å²) in [6.45, 7) is 6.08. The maximum atomic E-state index is 5.71. The van der Waals surface area contributed by atoms with Crippen LogP contribution in [0.2, 0.25) is 0 Å². The first-order valence-corrected chi connectivity index (χ1v) is 5.21. The van der Waals surface area contributed by atoms with Crippen molar-refractivity contribution >= 4 is 5.82 Å².